The maximum Gasteiger partial charge on any atom is 0.285 e. The second-order valence-corrected chi connectivity index (χ2v) is 5.64. The van der Waals surface area contributed by atoms with Gasteiger partial charge in [0, 0.05) is 16.1 Å². The van der Waals surface area contributed by atoms with Crippen LogP contribution in [0.25, 0.3) is 0 Å². The van der Waals surface area contributed by atoms with Crippen molar-refractivity contribution < 1.29 is 8.78 Å². The van der Waals surface area contributed by atoms with Gasteiger partial charge in [-0.3, -0.25) is 0 Å². The lowest BCUT2D eigenvalue weighted by atomic mass is 10.1. The summed E-state index contributed by atoms with van der Waals surface area (Å²) in [4.78, 5) is 0. The van der Waals surface area contributed by atoms with Crippen molar-refractivity contribution in [2.45, 2.75) is 18.9 Å². The highest BCUT2D eigenvalue weighted by atomic mass is 79.9. The van der Waals surface area contributed by atoms with E-state index in [4.69, 9.17) is 0 Å². The largest absolute Gasteiger partial charge is 0.304 e. The van der Waals surface area contributed by atoms with Gasteiger partial charge in [-0.15, -0.1) is 0 Å². The molecular formula is C16H16BrF2N. The topological polar surface area (TPSA) is 12.0 Å². The molecule has 4 heteroatoms. The molecule has 0 saturated carbocycles. The van der Waals surface area contributed by atoms with Crippen LogP contribution in [0.4, 0.5) is 8.78 Å². The molecule has 1 atom stereocenters. The lowest BCUT2D eigenvalue weighted by molar-refractivity contribution is -0.00534. The van der Waals surface area contributed by atoms with Crippen molar-refractivity contribution >= 4 is 15.9 Å². The first kappa shape index (κ1) is 15.1. The van der Waals surface area contributed by atoms with Crippen LogP contribution in [0.1, 0.15) is 24.1 Å². The quantitative estimate of drug-likeness (QED) is 0.817. The Morgan fingerprint density at radius 1 is 1.10 bits per heavy atom. The zero-order valence-electron chi connectivity index (χ0n) is 11.1. The summed E-state index contributed by atoms with van der Waals surface area (Å²) in [5.41, 5.74) is 1.01. The van der Waals surface area contributed by atoms with Gasteiger partial charge in [0.15, 0.2) is 0 Å². The number of nitrogens with one attached hydrogen (secondary N) is 1. The molecule has 0 radical (unpaired) electrons. The predicted molar refractivity (Wildman–Crippen MR) is 80.9 cm³/mol. The highest BCUT2D eigenvalue weighted by Gasteiger charge is 2.31. The lowest BCUT2D eigenvalue weighted by Crippen LogP contribution is -2.32. The van der Waals surface area contributed by atoms with E-state index in [0.29, 0.717) is 0 Å². The Hall–Kier alpha value is -1.26. The van der Waals surface area contributed by atoms with E-state index < -0.39 is 5.92 Å². The number of benzene rings is 2. The molecule has 106 valence electrons. The number of hydrogen-bond donors (Lipinski definition) is 1. The summed E-state index contributed by atoms with van der Waals surface area (Å²) < 4.78 is 29.0. The molecule has 1 nitrogen and oxygen atoms in total. The van der Waals surface area contributed by atoms with Crippen LogP contribution in [0.3, 0.4) is 0 Å². The fraction of sp³-hybridized carbons (Fsp3) is 0.250. The monoisotopic (exact) mass is 339 g/mol. The Balaban J connectivity index is 2.01. The number of hydrogen-bond acceptors (Lipinski definition) is 1. The third-order valence-corrected chi connectivity index (χ3v) is 3.67. The smallest absolute Gasteiger partial charge is 0.285 e. The molecule has 1 N–H and O–H groups in total. The molecule has 0 aromatic heterocycles. The first-order chi connectivity index (χ1) is 9.49. The van der Waals surface area contributed by atoms with E-state index in [1.807, 2.05) is 31.2 Å². The SMILES string of the molecule is C[C@@H](NCC(F)(F)c1ccccc1)c1cccc(Br)c1. The van der Waals surface area contributed by atoms with Crippen LogP contribution in [0, 0.1) is 0 Å². The van der Waals surface area contributed by atoms with Crippen molar-refractivity contribution in [1.82, 2.24) is 5.32 Å². The summed E-state index contributed by atoms with van der Waals surface area (Å²) in [6.07, 6.45) is 0. The van der Waals surface area contributed by atoms with E-state index in [-0.39, 0.29) is 18.2 Å². The summed E-state index contributed by atoms with van der Waals surface area (Å²) in [6, 6.07) is 15.4. The van der Waals surface area contributed by atoms with E-state index in [0.717, 1.165) is 10.0 Å². The van der Waals surface area contributed by atoms with Crippen molar-refractivity contribution in [3.05, 3.63) is 70.2 Å². The van der Waals surface area contributed by atoms with Crippen LogP contribution in [0.2, 0.25) is 0 Å². The standard InChI is InChI=1S/C16H16BrF2N/c1-12(13-6-5-9-15(17)10-13)20-11-16(18,19)14-7-3-2-4-8-14/h2-10,12,20H,11H2,1H3/t12-/m1/s1. The van der Waals surface area contributed by atoms with E-state index in [9.17, 15) is 8.78 Å². The van der Waals surface area contributed by atoms with Gasteiger partial charge in [-0.25, -0.2) is 0 Å². The van der Waals surface area contributed by atoms with Gasteiger partial charge in [0.05, 0.1) is 6.54 Å². The molecule has 20 heavy (non-hydrogen) atoms. The molecule has 0 aliphatic rings. The third kappa shape index (κ3) is 3.87. The Bertz CT molecular complexity index is 557. The van der Waals surface area contributed by atoms with Gasteiger partial charge < -0.3 is 5.32 Å². The van der Waals surface area contributed by atoms with Gasteiger partial charge in [-0.2, -0.15) is 8.78 Å². The summed E-state index contributed by atoms with van der Waals surface area (Å²) >= 11 is 3.38. The van der Waals surface area contributed by atoms with Crippen molar-refractivity contribution in [2.75, 3.05) is 6.54 Å². The Kier molecular flexibility index (Phi) is 4.89. The van der Waals surface area contributed by atoms with Gasteiger partial charge in [0.1, 0.15) is 0 Å². The fourth-order valence-electron chi connectivity index (χ4n) is 1.96. The van der Waals surface area contributed by atoms with E-state index in [1.165, 1.54) is 12.1 Å². The van der Waals surface area contributed by atoms with Crippen LogP contribution < -0.4 is 5.32 Å². The maximum absolute atomic E-state index is 14.0. The highest BCUT2D eigenvalue weighted by Crippen LogP contribution is 2.28. The maximum atomic E-state index is 14.0. The van der Waals surface area contributed by atoms with Crippen LogP contribution >= 0.6 is 15.9 Å². The van der Waals surface area contributed by atoms with E-state index in [2.05, 4.69) is 21.2 Å². The first-order valence-corrected chi connectivity index (χ1v) is 7.20. The molecule has 0 heterocycles. The minimum atomic E-state index is -2.87. The molecular weight excluding hydrogens is 324 g/mol. The lowest BCUT2D eigenvalue weighted by Gasteiger charge is -2.21. The van der Waals surface area contributed by atoms with Gasteiger partial charge >= 0.3 is 0 Å². The summed E-state index contributed by atoms with van der Waals surface area (Å²) in [5.74, 6) is -2.87. The van der Waals surface area contributed by atoms with Crippen molar-refractivity contribution in [3.63, 3.8) is 0 Å². The molecule has 0 bridgehead atoms. The second-order valence-electron chi connectivity index (χ2n) is 4.73. The van der Waals surface area contributed by atoms with Crippen molar-refractivity contribution in [1.29, 1.82) is 0 Å². The number of rotatable bonds is 5. The minimum absolute atomic E-state index is 0.0361. The van der Waals surface area contributed by atoms with Gasteiger partial charge in [0.2, 0.25) is 0 Å². The average molecular weight is 340 g/mol. The third-order valence-electron chi connectivity index (χ3n) is 3.18. The summed E-state index contributed by atoms with van der Waals surface area (Å²) in [5, 5.41) is 2.89. The van der Waals surface area contributed by atoms with Crippen molar-refractivity contribution in [2.24, 2.45) is 0 Å². The van der Waals surface area contributed by atoms with Gasteiger partial charge in [-0.05, 0) is 24.6 Å². The zero-order valence-corrected chi connectivity index (χ0v) is 12.7. The number of alkyl halides is 2. The average Bonchev–Trinajstić information content (AvgIpc) is 2.46. The summed E-state index contributed by atoms with van der Waals surface area (Å²) in [7, 11) is 0. The molecule has 2 rings (SSSR count). The Morgan fingerprint density at radius 2 is 1.80 bits per heavy atom. The van der Waals surface area contributed by atoms with Crippen LogP contribution in [-0.4, -0.2) is 6.54 Å². The van der Waals surface area contributed by atoms with Gasteiger partial charge in [0.25, 0.3) is 5.92 Å². The fourth-order valence-corrected chi connectivity index (χ4v) is 2.38. The van der Waals surface area contributed by atoms with E-state index >= 15 is 0 Å². The van der Waals surface area contributed by atoms with Crippen LogP contribution in [0.5, 0.6) is 0 Å². The molecule has 0 unspecified atom stereocenters. The van der Waals surface area contributed by atoms with Crippen molar-refractivity contribution in [3.8, 4) is 0 Å². The Morgan fingerprint density at radius 3 is 2.45 bits per heavy atom. The van der Waals surface area contributed by atoms with E-state index in [1.54, 1.807) is 18.2 Å². The van der Waals surface area contributed by atoms with Gasteiger partial charge in [-0.1, -0.05) is 58.4 Å². The molecule has 0 spiro atoms. The number of halogens is 3. The molecule has 0 amide bonds. The molecule has 2 aromatic rings. The molecule has 2 aromatic carbocycles. The first-order valence-electron chi connectivity index (χ1n) is 6.41. The second kappa shape index (κ2) is 6.46. The highest BCUT2D eigenvalue weighted by molar-refractivity contribution is 9.10. The normalized spacial score (nSPS) is 13.2. The van der Waals surface area contributed by atoms with Crippen LogP contribution in [0.15, 0.2) is 59.1 Å². The molecule has 0 fully saturated rings. The Labute approximate surface area is 126 Å². The predicted octanol–water partition coefficient (Wildman–Crippen LogP) is 4.89. The molecule has 0 aliphatic carbocycles. The minimum Gasteiger partial charge on any atom is -0.304 e. The molecule has 0 aliphatic heterocycles. The zero-order chi connectivity index (χ0) is 14.6. The molecule has 0 saturated heterocycles. The van der Waals surface area contributed by atoms with Crippen LogP contribution in [-0.2, 0) is 5.92 Å². The summed E-state index contributed by atoms with van der Waals surface area (Å²) in [6.45, 7) is 1.49.